The number of amides is 1. The van der Waals surface area contributed by atoms with Crippen molar-refractivity contribution in [3.05, 3.63) is 23.2 Å². The van der Waals surface area contributed by atoms with Crippen LogP contribution in [0.2, 0.25) is 5.02 Å². The molecular formula is C17H19ClN2O5S2. The molecule has 3 atom stereocenters. The van der Waals surface area contributed by atoms with Gasteiger partial charge in [0.15, 0.2) is 15.0 Å². The van der Waals surface area contributed by atoms with Gasteiger partial charge in [-0.25, -0.2) is 8.42 Å². The molecule has 3 aliphatic rings. The number of benzene rings is 1. The van der Waals surface area contributed by atoms with Crippen LogP contribution in [0.25, 0.3) is 0 Å². The molecule has 3 saturated heterocycles. The van der Waals surface area contributed by atoms with Crippen molar-refractivity contribution >= 4 is 50.0 Å². The Morgan fingerprint density at radius 1 is 1.41 bits per heavy atom. The second-order valence-electron chi connectivity index (χ2n) is 6.72. The number of thioether (sulfide) groups is 1. The lowest BCUT2D eigenvalue weighted by Crippen LogP contribution is -2.38. The first-order valence-corrected chi connectivity index (χ1v) is 11.7. The number of halogens is 1. The van der Waals surface area contributed by atoms with Gasteiger partial charge in [-0.05, 0) is 31.0 Å². The van der Waals surface area contributed by atoms with E-state index in [-0.39, 0.29) is 28.7 Å². The number of hydrogen-bond acceptors (Lipinski definition) is 6. The molecule has 0 unspecified atom stereocenters. The van der Waals surface area contributed by atoms with Gasteiger partial charge in [-0.3, -0.25) is 4.79 Å². The molecule has 3 heterocycles. The van der Waals surface area contributed by atoms with E-state index in [0.29, 0.717) is 34.7 Å². The number of anilines is 1. The number of carbonyl (C=O) groups is 1. The average Bonchev–Trinajstić information content (AvgIpc) is 3.29. The molecule has 0 saturated carbocycles. The van der Waals surface area contributed by atoms with E-state index in [1.807, 2.05) is 4.90 Å². The van der Waals surface area contributed by atoms with Crippen molar-refractivity contribution in [1.29, 1.82) is 0 Å². The van der Waals surface area contributed by atoms with E-state index in [2.05, 4.69) is 4.99 Å². The van der Waals surface area contributed by atoms with Crippen LogP contribution in [0, 0.1) is 0 Å². The summed E-state index contributed by atoms with van der Waals surface area (Å²) in [6.07, 6.45) is 0.995. The van der Waals surface area contributed by atoms with E-state index in [0.717, 1.165) is 6.42 Å². The minimum atomic E-state index is -3.12. The molecule has 0 spiro atoms. The smallest absolute Gasteiger partial charge is 0.277 e. The predicted molar refractivity (Wildman–Crippen MR) is 106 cm³/mol. The lowest BCUT2D eigenvalue weighted by molar-refractivity contribution is -0.126. The minimum Gasteiger partial charge on any atom is -0.495 e. The van der Waals surface area contributed by atoms with Crippen LogP contribution in [0.15, 0.2) is 23.2 Å². The van der Waals surface area contributed by atoms with Crippen molar-refractivity contribution in [3.63, 3.8) is 0 Å². The van der Waals surface area contributed by atoms with E-state index < -0.39 is 15.9 Å². The fraction of sp³-hybridized carbons (Fsp3) is 0.529. The molecule has 3 fully saturated rings. The molecule has 0 aliphatic carbocycles. The highest BCUT2D eigenvalue weighted by Crippen LogP contribution is 2.42. The molecule has 0 aromatic heterocycles. The van der Waals surface area contributed by atoms with Gasteiger partial charge >= 0.3 is 0 Å². The van der Waals surface area contributed by atoms with Crippen LogP contribution in [0.1, 0.15) is 12.8 Å². The molecular weight excluding hydrogens is 412 g/mol. The number of nitrogens with zero attached hydrogens (tertiary/aromatic N) is 2. The van der Waals surface area contributed by atoms with Crippen molar-refractivity contribution in [3.8, 4) is 5.75 Å². The van der Waals surface area contributed by atoms with Gasteiger partial charge in [0, 0.05) is 17.5 Å². The Hall–Kier alpha value is -1.29. The van der Waals surface area contributed by atoms with Crippen LogP contribution in [0.5, 0.6) is 5.75 Å². The average molecular weight is 431 g/mol. The molecule has 0 radical (unpaired) electrons. The molecule has 1 aromatic rings. The van der Waals surface area contributed by atoms with Gasteiger partial charge in [0.1, 0.15) is 11.9 Å². The summed E-state index contributed by atoms with van der Waals surface area (Å²) in [5.41, 5.74) is 0.691. The fourth-order valence-electron chi connectivity index (χ4n) is 3.61. The number of carbonyl (C=O) groups excluding carboxylic acids is 1. The monoisotopic (exact) mass is 430 g/mol. The van der Waals surface area contributed by atoms with E-state index in [1.54, 1.807) is 18.2 Å². The quantitative estimate of drug-likeness (QED) is 0.726. The molecule has 0 N–H and O–H groups in total. The maximum Gasteiger partial charge on any atom is 0.277 e. The summed E-state index contributed by atoms with van der Waals surface area (Å²) in [5.74, 6) is 0.316. The van der Waals surface area contributed by atoms with Crippen LogP contribution >= 0.6 is 23.4 Å². The van der Waals surface area contributed by atoms with Crippen molar-refractivity contribution in [2.24, 2.45) is 4.99 Å². The van der Waals surface area contributed by atoms with Crippen molar-refractivity contribution in [2.75, 3.05) is 30.1 Å². The summed E-state index contributed by atoms with van der Waals surface area (Å²) in [6, 6.07) is 4.95. The zero-order valence-corrected chi connectivity index (χ0v) is 17.0. The standard InChI is InChI=1S/C17H19ClN2O5S2/c1-24-13-5-4-10(7-11(13)18)20-12-8-27(22,23)9-15(12)26-17(20)19-16(21)14-3-2-6-25-14/h4-5,7,12,14-15H,2-3,6,8-9H2,1H3/t12-,14+,15+/m0/s1. The maximum absolute atomic E-state index is 12.5. The van der Waals surface area contributed by atoms with E-state index in [9.17, 15) is 13.2 Å². The molecule has 0 bridgehead atoms. The molecule has 1 amide bonds. The number of sulfone groups is 1. The summed E-state index contributed by atoms with van der Waals surface area (Å²) in [6.45, 7) is 0.565. The fourth-order valence-corrected chi connectivity index (χ4v) is 7.78. The highest BCUT2D eigenvalue weighted by molar-refractivity contribution is 8.16. The number of rotatable bonds is 3. The lowest BCUT2D eigenvalue weighted by atomic mass is 10.2. The lowest BCUT2D eigenvalue weighted by Gasteiger charge is -2.25. The van der Waals surface area contributed by atoms with Crippen LogP contribution in [0.4, 0.5) is 5.69 Å². The van der Waals surface area contributed by atoms with E-state index >= 15 is 0 Å². The summed E-state index contributed by atoms with van der Waals surface area (Å²) in [7, 11) is -1.59. The van der Waals surface area contributed by atoms with E-state index in [1.165, 1.54) is 18.9 Å². The largest absolute Gasteiger partial charge is 0.495 e. The molecule has 4 rings (SSSR count). The molecule has 3 aliphatic heterocycles. The third kappa shape index (κ3) is 3.70. The summed E-state index contributed by atoms with van der Waals surface area (Å²) < 4.78 is 34.8. The Balaban J connectivity index is 1.70. The van der Waals surface area contributed by atoms with Crippen LogP contribution < -0.4 is 9.64 Å². The third-order valence-electron chi connectivity index (χ3n) is 4.89. The molecule has 10 heteroatoms. The maximum atomic E-state index is 12.5. The molecule has 7 nitrogen and oxygen atoms in total. The Morgan fingerprint density at radius 2 is 2.22 bits per heavy atom. The summed E-state index contributed by atoms with van der Waals surface area (Å²) >= 11 is 7.60. The highest BCUT2D eigenvalue weighted by Gasteiger charge is 2.49. The van der Waals surface area contributed by atoms with E-state index in [4.69, 9.17) is 21.1 Å². The van der Waals surface area contributed by atoms with Gasteiger partial charge in [0.2, 0.25) is 0 Å². The Labute approximate surface area is 167 Å². The highest BCUT2D eigenvalue weighted by atomic mass is 35.5. The van der Waals surface area contributed by atoms with Gasteiger partial charge < -0.3 is 14.4 Å². The number of aliphatic imine (C=N–C) groups is 1. The summed E-state index contributed by atoms with van der Waals surface area (Å²) in [4.78, 5) is 18.6. The molecule has 146 valence electrons. The zero-order chi connectivity index (χ0) is 19.2. The number of ether oxygens (including phenoxy) is 2. The number of amidine groups is 1. The van der Waals surface area contributed by atoms with Crippen LogP contribution in [0.3, 0.4) is 0 Å². The second kappa shape index (κ2) is 7.27. The second-order valence-corrected chi connectivity index (χ2v) is 10.5. The molecule has 1 aromatic carbocycles. The zero-order valence-electron chi connectivity index (χ0n) is 14.6. The van der Waals surface area contributed by atoms with Gasteiger partial charge in [-0.1, -0.05) is 23.4 Å². The normalized spacial score (nSPS) is 30.7. The van der Waals surface area contributed by atoms with Gasteiger partial charge in [0.25, 0.3) is 5.91 Å². The first-order valence-electron chi connectivity index (χ1n) is 8.62. The molecule has 27 heavy (non-hydrogen) atoms. The number of fused-ring (bicyclic) bond motifs is 1. The summed E-state index contributed by atoms with van der Waals surface area (Å²) in [5, 5.41) is 0.752. The first kappa shape index (κ1) is 19.0. The minimum absolute atomic E-state index is 0.0292. The number of hydrogen-bond donors (Lipinski definition) is 0. The predicted octanol–water partition coefficient (Wildman–Crippen LogP) is 2.13. The van der Waals surface area contributed by atoms with Crippen molar-refractivity contribution < 1.29 is 22.7 Å². The van der Waals surface area contributed by atoms with Gasteiger partial charge in [0.05, 0.1) is 29.7 Å². The van der Waals surface area contributed by atoms with Crippen LogP contribution in [-0.2, 0) is 19.4 Å². The third-order valence-corrected chi connectivity index (χ3v) is 8.40. The SMILES string of the molecule is COc1ccc(N2C(=NC(=O)[C@H]3CCCO3)S[C@@H]3CS(=O)(=O)C[C@@H]32)cc1Cl. The topological polar surface area (TPSA) is 85.3 Å². The Bertz CT molecular complexity index is 899. The Morgan fingerprint density at radius 3 is 2.89 bits per heavy atom. The number of methoxy groups -OCH3 is 1. The van der Waals surface area contributed by atoms with Crippen molar-refractivity contribution in [2.45, 2.75) is 30.2 Å². The first-order chi connectivity index (χ1) is 12.9. The van der Waals surface area contributed by atoms with Crippen molar-refractivity contribution in [1.82, 2.24) is 0 Å². The van der Waals surface area contributed by atoms with Crippen LogP contribution in [-0.4, -0.2) is 62.1 Å². The van der Waals surface area contributed by atoms with Gasteiger partial charge in [-0.2, -0.15) is 4.99 Å². The Kier molecular flexibility index (Phi) is 5.13. The van der Waals surface area contributed by atoms with Gasteiger partial charge in [-0.15, -0.1) is 0 Å².